The molecule has 8 heteroatoms. The van der Waals surface area contributed by atoms with Gasteiger partial charge in [-0.1, -0.05) is 48.5 Å². The summed E-state index contributed by atoms with van der Waals surface area (Å²) in [5.41, 5.74) is -0.209. The van der Waals surface area contributed by atoms with E-state index in [0.717, 1.165) is 32.5 Å². The Bertz CT molecular complexity index is 965. The minimum atomic E-state index is -3.71. The van der Waals surface area contributed by atoms with Crippen molar-refractivity contribution in [1.82, 2.24) is 14.5 Å². The van der Waals surface area contributed by atoms with Crippen LogP contribution >= 0.6 is 0 Å². The van der Waals surface area contributed by atoms with E-state index in [9.17, 15) is 18.6 Å². The van der Waals surface area contributed by atoms with Crippen molar-refractivity contribution in [2.45, 2.75) is 48.4 Å². The molecule has 0 bridgehead atoms. The van der Waals surface area contributed by atoms with Gasteiger partial charge in [0.1, 0.15) is 5.60 Å². The number of piperidine rings is 2. The first-order valence-corrected chi connectivity index (χ1v) is 12.8. The average molecular weight is 460 g/mol. The monoisotopic (exact) mass is 459 g/mol. The highest BCUT2D eigenvalue weighted by atomic mass is 32.2. The molecule has 2 saturated heterocycles. The van der Waals surface area contributed by atoms with Gasteiger partial charge in [0.25, 0.3) is 0 Å². The minimum Gasteiger partial charge on any atom is -0.390 e. The highest BCUT2D eigenvalue weighted by molar-refractivity contribution is 7.89. The molecule has 0 unspecified atom stereocenters. The van der Waals surface area contributed by atoms with Crippen molar-refractivity contribution >= 4 is 10.0 Å². The standard InChI is InChI=1S/C24H33N3O4S/c28-23-13-16-27(32(30,31)22-9-5-2-6-10-22)19-24(23,29)18-25-21-11-14-26(15-12-21)17-20-7-3-1-4-8-20/h1-10,21,23,25,28-29H,11-19H2/t23-,24+/m1/s1. The molecule has 0 saturated carbocycles. The molecule has 0 radical (unpaired) electrons. The second-order valence-electron chi connectivity index (χ2n) is 8.98. The molecule has 2 aromatic rings. The van der Waals surface area contributed by atoms with Crippen LogP contribution in [0, 0.1) is 0 Å². The Morgan fingerprint density at radius 3 is 2.22 bits per heavy atom. The number of hydrogen-bond donors (Lipinski definition) is 3. The molecule has 0 amide bonds. The maximum absolute atomic E-state index is 13.0. The Hall–Kier alpha value is -1.81. The van der Waals surface area contributed by atoms with Crippen LogP contribution in [-0.2, 0) is 16.6 Å². The van der Waals surface area contributed by atoms with Gasteiger partial charge in [-0.15, -0.1) is 0 Å². The number of nitrogens with zero attached hydrogens (tertiary/aromatic N) is 2. The van der Waals surface area contributed by atoms with Crippen LogP contribution in [0.2, 0.25) is 0 Å². The Morgan fingerprint density at radius 1 is 0.938 bits per heavy atom. The van der Waals surface area contributed by atoms with Gasteiger partial charge in [0.05, 0.1) is 11.0 Å². The normalized spacial score (nSPS) is 26.2. The number of nitrogens with one attached hydrogen (secondary N) is 1. The first kappa shape index (κ1) is 23.4. The zero-order valence-electron chi connectivity index (χ0n) is 18.3. The summed E-state index contributed by atoms with van der Waals surface area (Å²) in [5, 5.41) is 25.1. The molecule has 2 fully saturated rings. The zero-order chi connectivity index (χ0) is 22.6. The van der Waals surface area contributed by atoms with Crippen LogP contribution < -0.4 is 5.32 Å². The highest BCUT2D eigenvalue weighted by Gasteiger charge is 2.45. The fraction of sp³-hybridized carbons (Fsp3) is 0.500. The quantitative estimate of drug-likeness (QED) is 0.580. The maximum atomic E-state index is 13.0. The van der Waals surface area contributed by atoms with Gasteiger partial charge in [-0.3, -0.25) is 4.90 Å². The maximum Gasteiger partial charge on any atom is 0.243 e. The molecule has 2 aromatic carbocycles. The van der Waals surface area contributed by atoms with Crippen molar-refractivity contribution in [1.29, 1.82) is 0 Å². The van der Waals surface area contributed by atoms with Crippen molar-refractivity contribution < 1.29 is 18.6 Å². The van der Waals surface area contributed by atoms with E-state index >= 15 is 0 Å². The second-order valence-corrected chi connectivity index (χ2v) is 10.9. The number of likely N-dealkylation sites (tertiary alicyclic amines) is 1. The highest BCUT2D eigenvalue weighted by Crippen LogP contribution is 2.27. The smallest absolute Gasteiger partial charge is 0.243 e. The minimum absolute atomic E-state index is 0.120. The van der Waals surface area contributed by atoms with E-state index in [0.29, 0.717) is 0 Å². The van der Waals surface area contributed by atoms with Crippen molar-refractivity contribution in [3.8, 4) is 0 Å². The third-order valence-electron chi connectivity index (χ3n) is 6.64. The zero-order valence-corrected chi connectivity index (χ0v) is 19.1. The lowest BCUT2D eigenvalue weighted by Gasteiger charge is -2.43. The Balaban J connectivity index is 1.31. The molecule has 0 aliphatic carbocycles. The van der Waals surface area contributed by atoms with Crippen molar-refractivity contribution in [2.24, 2.45) is 0 Å². The summed E-state index contributed by atoms with van der Waals surface area (Å²) in [5.74, 6) is 0. The van der Waals surface area contributed by atoms with E-state index in [2.05, 4.69) is 34.5 Å². The molecule has 174 valence electrons. The first-order valence-electron chi connectivity index (χ1n) is 11.3. The van der Waals surface area contributed by atoms with Gasteiger partial charge >= 0.3 is 0 Å². The molecule has 4 rings (SSSR count). The number of β-amino-alcohol motifs (C(OH)–C–C–N with tert-alkyl or cyclic N) is 1. The molecule has 2 aliphatic heterocycles. The summed E-state index contributed by atoms with van der Waals surface area (Å²) in [4.78, 5) is 2.63. The third-order valence-corrected chi connectivity index (χ3v) is 8.50. The largest absolute Gasteiger partial charge is 0.390 e. The Labute approximate surface area is 190 Å². The van der Waals surface area contributed by atoms with Gasteiger partial charge in [0, 0.05) is 32.2 Å². The summed E-state index contributed by atoms with van der Waals surface area (Å²) in [6, 6.07) is 18.9. The van der Waals surface area contributed by atoms with E-state index in [1.807, 2.05) is 6.07 Å². The molecule has 3 N–H and O–H groups in total. The lowest BCUT2D eigenvalue weighted by atomic mass is 9.90. The van der Waals surface area contributed by atoms with Gasteiger partial charge < -0.3 is 15.5 Å². The van der Waals surface area contributed by atoms with E-state index in [-0.39, 0.29) is 37.0 Å². The van der Waals surface area contributed by atoms with Crippen molar-refractivity contribution in [3.05, 3.63) is 66.2 Å². The van der Waals surface area contributed by atoms with E-state index in [1.165, 1.54) is 9.87 Å². The number of aliphatic hydroxyl groups is 2. The molecule has 2 aliphatic rings. The van der Waals surface area contributed by atoms with E-state index in [4.69, 9.17) is 0 Å². The fourth-order valence-corrected chi connectivity index (χ4v) is 6.14. The van der Waals surface area contributed by atoms with Crippen LogP contribution in [0.4, 0.5) is 0 Å². The first-order chi connectivity index (χ1) is 15.4. The summed E-state index contributed by atoms with van der Waals surface area (Å²) >= 11 is 0. The van der Waals surface area contributed by atoms with Gasteiger partial charge in [-0.2, -0.15) is 4.31 Å². The SMILES string of the molecule is O=S(=O)(c1ccccc1)N1CC[C@@H](O)[C@](O)(CNC2CCN(Cc3ccccc3)CC2)C1. The number of aliphatic hydroxyl groups excluding tert-OH is 1. The number of hydrogen-bond acceptors (Lipinski definition) is 6. The average Bonchev–Trinajstić information content (AvgIpc) is 2.82. The molecule has 0 spiro atoms. The fourth-order valence-electron chi connectivity index (χ4n) is 4.60. The number of rotatable bonds is 7. The molecule has 7 nitrogen and oxygen atoms in total. The van der Waals surface area contributed by atoms with Gasteiger partial charge in [0.2, 0.25) is 10.0 Å². The predicted molar refractivity (Wildman–Crippen MR) is 124 cm³/mol. The molecule has 0 aromatic heterocycles. The van der Waals surface area contributed by atoms with Gasteiger partial charge in [-0.05, 0) is 50.0 Å². The van der Waals surface area contributed by atoms with Crippen LogP contribution in [0.15, 0.2) is 65.6 Å². The lowest BCUT2D eigenvalue weighted by molar-refractivity contribution is -0.106. The predicted octanol–water partition coefficient (Wildman–Crippen LogP) is 1.43. The van der Waals surface area contributed by atoms with Crippen LogP contribution in [0.1, 0.15) is 24.8 Å². The van der Waals surface area contributed by atoms with Crippen molar-refractivity contribution in [2.75, 3.05) is 32.7 Å². The molecule has 32 heavy (non-hydrogen) atoms. The van der Waals surface area contributed by atoms with E-state index in [1.54, 1.807) is 30.3 Å². The van der Waals surface area contributed by atoms with E-state index < -0.39 is 21.7 Å². The summed E-state index contributed by atoms with van der Waals surface area (Å²) in [7, 11) is -3.71. The summed E-state index contributed by atoms with van der Waals surface area (Å²) < 4.78 is 27.3. The Kier molecular flexibility index (Phi) is 7.29. The second kappa shape index (κ2) is 9.99. The molecular weight excluding hydrogens is 426 g/mol. The molecule has 2 heterocycles. The van der Waals surface area contributed by atoms with Gasteiger partial charge in [-0.25, -0.2) is 8.42 Å². The Morgan fingerprint density at radius 2 is 1.56 bits per heavy atom. The van der Waals surface area contributed by atoms with Crippen molar-refractivity contribution in [3.63, 3.8) is 0 Å². The van der Waals surface area contributed by atoms with Crippen LogP contribution in [0.3, 0.4) is 0 Å². The van der Waals surface area contributed by atoms with Crippen LogP contribution in [-0.4, -0.2) is 78.3 Å². The summed E-state index contributed by atoms with van der Waals surface area (Å²) in [6.45, 7) is 3.09. The molecule has 2 atom stereocenters. The molecular formula is C24H33N3O4S. The van der Waals surface area contributed by atoms with Crippen LogP contribution in [0.25, 0.3) is 0 Å². The lowest BCUT2D eigenvalue weighted by Crippen LogP contribution is -2.63. The third kappa shape index (κ3) is 5.39. The summed E-state index contributed by atoms with van der Waals surface area (Å²) in [6.07, 6.45) is 1.14. The van der Waals surface area contributed by atoms with Crippen LogP contribution in [0.5, 0.6) is 0 Å². The topological polar surface area (TPSA) is 93.1 Å². The number of benzene rings is 2. The number of sulfonamides is 1. The van der Waals surface area contributed by atoms with Gasteiger partial charge in [0.15, 0.2) is 0 Å².